The van der Waals surface area contributed by atoms with Crippen LogP contribution in [-0.2, 0) is 17.8 Å². The van der Waals surface area contributed by atoms with E-state index >= 15 is 0 Å². The third kappa shape index (κ3) is 7.46. The summed E-state index contributed by atoms with van der Waals surface area (Å²) in [5.74, 6) is 0. The Kier molecular flexibility index (Phi) is 10.6. The maximum atomic E-state index is 11.7. The molecule has 0 radical (unpaired) electrons. The highest BCUT2D eigenvalue weighted by Crippen LogP contribution is 2.50. The highest BCUT2D eigenvalue weighted by Gasteiger charge is 2.32. The molecule has 37 heavy (non-hydrogen) atoms. The minimum Gasteiger partial charge on any atom is -0.400 e. The van der Waals surface area contributed by atoms with Crippen LogP contribution >= 0.6 is 11.9 Å². The van der Waals surface area contributed by atoms with Crippen LogP contribution in [0.25, 0.3) is 16.8 Å². The van der Waals surface area contributed by atoms with Crippen molar-refractivity contribution < 1.29 is 15.0 Å². The molecule has 204 valence electrons. The standard InChI is InChI=1S/C26H32N2OS.C4H10O.CH4O/c1-16-13-20-15-28(30-6)25-17(2)21(9-12-29)22(18(3)23(25)24(20)27-14-16)19-7-10-26(4,5)11-8-19;1-4(2,3)5;1-2/h7,12-14H,8-11,15H2,1-6H3;5H,1-3H3;2H,1H3. The molecule has 1 aromatic carbocycles. The number of carbonyl (C=O) groups is 1. The monoisotopic (exact) mass is 526 g/mol. The molecule has 0 bridgehead atoms. The van der Waals surface area contributed by atoms with Crippen molar-refractivity contribution in [1.29, 1.82) is 0 Å². The van der Waals surface area contributed by atoms with Crippen molar-refractivity contribution in [2.45, 2.75) is 93.2 Å². The Morgan fingerprint density at radius 2 is 1.76 bits per heavy atom. The molecule has 0 atom stereocenters. The maximum Gasteiger partial charge on any atom is 0.124 e. The highest BCUT2D eigenvalue weighted by atomic mass is 32.2. The average Bonchev–Trinajstić information content (AvgIpc) is 2.82. The van der Waals surface area contributed by atoms with Crippen LogP contribution in [0.15, 0.2) is 18.3 Å². The number of nitrogens with zero attached hydrogens (tertiary/aromatic N) is 2. The van der Waals surface area contributed by atoms with Crippen LogP contribution in [0.1, 0.15) is 87.3 Å². The van der Waals surface area contributed by atoms with Gasteiger partial charge in [-0.3, -0.25) is 4.98 Å². The van der Waals surface area contributed by atoms with E-state index in [0.29, 0.717) is 11.8 Å². The summed E-state index contributed by atoms with van der Waals surface area (Å²) in [5.41, 5.74) is 12.3. The second-order valence-corrected chi connectivity index (χ2v) is 12.5. The number of aliphatic hydroxyl groups is 2. The molecule has 4 rings (SSSR count). The van der Waals surface area contributed by atoms with Gasteiger partial charge in [-0.2, -0.15) is 0 Å². The predicted octanol–water partition coefficient (Wildman–Crippen LogP) is 6.99. The second kappa shape index (κ2) is 12.6. The van der Waals surface area contributed by atoms with Crippen LogP contribution in [-0.4, -0.2) is 40.4 Å². The molecule has 0 fully saturated rings. The Labute approximate surface area is 228 Å². The molecule has 1 aromatic heterocycles. The fraction of sp³-hybridized carbons (Fsp3) is 0.548. The minimum absolute atomic E-state index is 0.354. The highest BCUT2D eigenvalue weighted by molar-refractivity contribution is 7.99. The van der Waals surface area contributed by atoms with E-state index in [9.17, 15) is 4.79 Å². The van der Waals surface area contributed by atoms with E-state index in [4.69, 9.17) is 15.2 Å². The van der Waals surface area contributed by atoms with E-state index in [1.54, 1.807) is 32.7 Å². The zero-order valence-corrected chi connectivity index (χ0v) is 25.3. The molecule has 2 aliphatic rings. The average molecular weight is 527 g/mol. The number of pyridine rings is 1. The van der Waals surface area contributed by atoms with Gasteiger partial charge in [-0.05, 0) is 105 Å². The lowest BCUT2D eigenvalue weighted by Crippen LogP contribution is -2.23. The lowest BCUT2D eigenvalue weighted by Gasteiger charge is -2.36. The molecule has 6 heteroatoms. The molecular formula is C31H46N2O3S. The van der Waals surface area contributed by atoms with Gasteiger partial charge < -0.3 is 19.3 Å². The van der Waals surface area contributed by atoms with Crippen LogP contribution in [0.2, 0.25) is 0 Å². The third-order valence-electron chi connectivity index (χ3n) is 6.80. The van der Waals surface area contributed by atoms with Crippen molar-refractivity contribution in [3.05, 3.63) is 51.7 Å². The van der Waals surface area contributed by atoms with Crippen molar-refractivity contribution in [1.82, 2.24) is 4.98 Å². The maximum absolute atomic E-state index is 11.7. The molecule has 0 amide bonds. The number of aromatic nitrogens is 1. The first kappa shape index (κ1) is 31.1. The third-order valence-corrected chi connectivity index (χ3v) is 7.55. The smallest absolute Gasteiger partial charge is 0.124 e. The molecule has 0 saturated heterocycles. The van der Waals surface area contributed by atoms with Crippen molar-refractivity contribution in [2.75, 3.05) is 17.7 Å². The molecular weight excluding hydrogens is 480 g/mol. The van der Waals surface area contributed by atoms with Gasteiger partial charge >= 0.3 is 0 Å². The van der Waals surface area contributed by atoms with Gasteiger partial charge in [0.05, 0.1) is 23.5 Å². The summed E-state index contributed by atoms with van der Waals surface area (Å²) < 4.78 is 2.37. The molecule has 5 nitrogen and oxygen atoms in total. The number of benzene rings is 1. The van der Waals surface area contributed by atoms with E-state index in [1.807, 2.05) is 6.20 Å². The zero-order chi connectivity index (χ0) is 28.1. The number of allylic oxidation sites excluding steroid dienone is 2. The van der Waals surface area contributed by atoms with E-state index in [1.165, 1.54) is 56.6 Å². The van der Waals surface area contributed by atoms with E-state index in [2.05, 4.69) is 57.3 Å². The number of hydrogen-bond donors (Lipinski definition) is 2. The number of rotatable bonds is 4. The van der Waals surface area contributed by atoms with Gasteiger partial charge in [0.15, 0.2) is 0 Å². The molecule has 0 spiro atoms. The van der Waals surface area contributed by atoms with E-state index in [0.717, 1.165) is 38.5 Å². The lowest BCUT2D eigenvalue weighted by molar-refractivity contribution is -0.107. The largest absolute Gasteiger partial charge is 0.400 e. The summed E-state index contributed by atoms with van der Waals surface area (Å²) in [6, 6.07) is 2.27. The first-order valence-electron chi connectivity index (χ1n) is 13.0. The van der Waals surface area contributed by atoms with E-state index < -0.39 is 5.60 Å². The van der Waals surface area contributed by atoms with Crippen LogP contribution in [0.3, 0.4) is 0 Å². The molecule has 1 aliphatic heterocycles. The molecule has 2 heterocycles. The number of fused-ring (bicyclic) bond motifs is 3. The van der Waals surface area contributed by atoms with Gasteiger partial charge in [0.1, 0.15) is 6.29 Å². The zero-order valence-electron chi connectivity index (χ0n) is 24.5. The Bertz CT molecular complexity index is 1140. The number of aldehydes is 1. The summed E-state index contributed by atoms with van der Waals surface area (Å²) in [7, 11) is 1.00. The Morgan fingerprint density at radius 3 is 2.27 bits per heavy atom. The SMILES string of the molecule is CC(C)(C)O.CO.CSN1Cc2cc(C)cnc2-c2c(C)c(C3=CCC(C)(C)CC3)c(CC=O)c(C)c21. The fourth-order valence-electron chi connectivity index (χ4n) is 5.09. The number of aliphatic hydroxyl groups excluding tert-OH is 1. The Hall–Kier alpha value is -2.15. The fourth-order valence-corrected chi connectivity index (χ4v) is 5.77. The van der Waals surface area contributed by atoms with Crippen LogP contribution < -0.4 is 4.31 Å². The van der Waals surface area contributed by atoms with Gasteiger partial charge in [0.25, 0.3) is 0 Å². The molecule has 2 aromatic rings. The van der Waals surface area contributed by atoms with Crippen LogP contribution in [0, 0.1) is 26.2 Å². The topological polar surface area (TPSA) is 73.7 Å². The van der Waals surface area contributed by atoms with E-state index in [-0.39, 0.29) is 0 Å². The normalized spacial score (nSPS) is 15.8. The van der Waals surface area contributed by atoms with Gasteiger partial charge in [-0.15, -0.1) is 0 Å². The number of hydrogen-bond acceptors (Lipinski definition) is 6. The van der Waals surface area contributed by atoms with Gasteiger partial charge in [0, 0.05) is 31.5 Å². The summed E-state index contributed by atoms with van der Waals surface area (Å²) in [6.07, 6.45) is 11.4. The van der Waals surface area contributed by atoms with Gasteiger partial charge in [0.2, 0.25) is 0 Å². The summed E-state index contributed by atoms with van der Waals surface area (Å²) in [5, 5.41) is 15.5. The number of carbonyl (C=O) groups excluding carboxylic acids is 1. The minimum atomic E-state index is -0.500. The first-order chi connectivity index (χ1) is 17.3. The number of anilines is 1. The molecule has 1 aliphatic carbocycles. The lowest BCUT2D eigenvalue weighted by atomic mass is 9.74. The van der Waals surface area contributed by atoms with Crippen molar-refractivity contribution >= 4 is 29.5 Å². The first-order valence-corrected chi connectivity index (χ1v) is 14.2. The number of aryl methyl sites for hydroxylation is 1. The summed E-state index contributed by atoms with van der Waals surface area (Å²) >= 11 is 1.75. The predicted molar refractivity (Wildman–Crippen MR) is 159 cm³/mol. The quantitative estimate of drug-likeness (QED) is 0.330. The Morgan fingerprint density at radius 1 is 1.14 bits per heavy atom. The van der Waals surface area contributed by atoms with Crippen molar-refractivity contribution in [3.8, 4) is 11.3 Å². The molecule has 2 N–H and O–H groups in total. The Balaban J connectivity index is 0.000000617. The summed E-state index contributed by atoms with van der Waals surface area (Å²) in [6.45, 7) is 17.3. The summed E-state index contributed by atoms with van der Waals surface area (Å²) in [4.78, 5) is 16.6. The van der Waals surface area contributed by atoms with Crippen LogP contribution in [0.5, 0.6) is 0 Å². The second-order valence-electron chi connectivity index (χ2n) is 11.7. The van der Waals surface area contributed by atoms with Crippen molar-refractivity contribution in [3.63, 3.8) is 0 Å². The molecule has 0 unspecified atom stereocenters. The van der Waals surface area contributed by atoms with Gasteiger partial charge in [-0.1, -0.05) is 37.9 Å². The van der Waals surface area contributed by atoms with Crippen LogP contribution in [0.4, 0.5) is 5.69 Å². The van der Waals surface area contributed by atoms with Gasteiger partial charge in [-0.25, -0.2) is 0 Å². The molecule has 0 saturated carbocycles. The van der Waals surface area contributed by atoms with Crippen molar-refractivity contribution in [2.24, 2.45) is 5.41 Å².